The summed E-state index contributed by atoms with van der Waals surface area (Å²) in [4.78, 5) is 15.1. The van der Waals surface area contributed by atoms with Crippen LogP contribution in [0.4, 0.5) is 5.69 Å². The van der Waals surface area contributed by atoms with Crippen molar-refractivity contribution in [1.82, 2.24) is 5.32 Å². The molecule has 0 spiro atoms. The summed E-state index contributed by atoms with van der Waals surface area (Å²) in [5.74, 6) is 0.737. The van der Waals surface area contributed by atoms with Crippen molar-refractivity contribution in [3.05, 3.63) is 64.2 Å². The Morgan fingerprint density at radius 1 is 1.25 bits per heavy atom. The van der Waals surface area contributed by atoms with Gasteiger partial charge in [0.25, 0.3) is 5.91 Å². The summed E-state index contributed by atoms with van der Waals surface area (Å²) >= 11 is 0. The first-order chi connectivity index (χ1) is 13.7. The molecule has 0 radical (unpaired) electrons. The van der Waals surface area contributed by atoms with Crippen molar-refractivity contribution in [3.63, 3.8) is 0 Å². The number of para-hydroxylation sites is 1. The van der Waals surface area contributed by atoms with Crippen LogP contribution < -0.4 is 20.7 Å². The maximum atomic E-state index is 12.8. The van der Waals surface area contributed by atoms with Gasteiger partial charge in [0.15, 0.2) is 0 Å². The number of carbonyl (C=O) groups excluding carboxylic acids is 1. The van der Waals surface area contributed by atoms with E-state index in [-0.39, 0.29) is 24.7 Å². The first kappa shape index (κ1) is 17.3. The Morgan fingerprint density at radius 2 is 2.11 bits per heavy atom. The monoisotopic (exact) mass is 377 g/mol. The first-order valence-corrected chi connectivity index (χ1v) is 9.69. The highest BCUT2D eigenvalue weighted by atomic mass is 16.5. The second-order valence-corrected chi connectivity index (χ2v) is 7.52. The molecule has 6 heteroatoms. The van der Waals surface area contributed by atoms with Crippen LogP contribution in [0.3, 0.4) is 0 Å². The number of fused-ring (bicyclic) bond motifs is 1. The molecule has 0 saturated carbocycles. The lowest BCUT2D eigenvalue weighted by Crippen LogP contribution is -2.57. The number of hydrogen-bond donors (Lipinski definition) is 3. The van der Waals surface area contributed by atoms with Gasteiger partial charge in [-0.3, -0.25) is 4.79 Å². The van der Waals surface area contributed by atoms with E-state index < -0.39 is 0 Å². The van der Waals surface area contributed by atoms with E-state index in [1.807, 2.05) is 36.4 Å². The van der Waals surface area contributed by atoms with Crippen molar-refractivity contribution >= 4 is 17.7 Å². The molecule has 0 bridgehead atoms. The number of hydrogen-bond acceptors (Lipinski definition) is 5. The van der Waals surface area contributed by atoms with Crippen molar-refractivity contribution in [2.75, 3.05) is 24.7 Å². The summed E-state index contributed by atoms with van der Waals surface area (Å²) < 4.78 is 6.01. The molecule has 6 nitrogen and oxygen atoms in total. The van der Waals surface area contributed by atoms with E-state index >= 15 is 0 Å². The van der Waals surface area contributed by atoms with Gasteiger partial charge in [-0.05, 0) is 42.2 Å². The highest BCUT2D eigenvalue weighted by molar-refractivity contribution is 6.03. The van der Waals surface area contributed by atoms with E-state index in [0.717, 1.165) is 46.7 Å². The van der Waals surface area contributed by atoms with E-state index in [1.165, 1.54) is 0 Å². The standard InChI is InChI=1S/C22H23N3O3/c23-18-7-9-25-20-15(18)4-2-5-16(20)22(27)24-21(25)14-11-17-13(8-10-26)3-1-6-19(17)28-12-14/h1-6,11,18,21,26H,7-10,12,23H2,(H,24,27)/t18-,21-/m0/s1. The quantitative estimate of drug-likeness (QED) is 0.761. The predicted octanol–water partition coefficient (Wildman–Crippen LogP) is 1.98. The number of benzene rings is 2. The Morgan fingerprint density at radius 3 is 2.96 bits per heavy atom. The van der Waals surface area contributed by atoms with Crippen LogP contribution in [0.15, 0.2) is 42.0 Å². The number of anilines is 1. The van der Waals surface area contributed by atoms with E-state index in [0.29, 0.717) is 18.6 Å². The third-order valence-corrected chi connectivity index (χ3v) is 5.87. The van der Waals surface area contributed by atoms with Gasteiger partial charge in [-0.25, -0.2) is 0 Å². The van der Waals surface area contributed by atoms with Crippen molar-refractivity contribution in [2.45, 2.75) is 25.0 Å². The van der Waals surface area contributed by atoms with Crippen molar-refractivity contribution in [1.29, 1.82) is 0 Å². The smallest absolute Gasteiger partial charge is 0.255 e. The lowest BCUT2D eigenvalue weighted by atomic mass is 9.89. The number of amides is 1. The lowest BCUT2D eigenvalue weighted by molar-refractivity contribution is 0.0930. The minimum Gasteiger partial charge on any atom is -0.488 e. The molecule has 2 aromatic rings. The summed E-state index contributed by atoms with van der Waals surface area (Å²) in [6.07, 6.45) is 3.25. The fraction of sp³-hybridized carbons (Fsp3) is 0.318. The van der Waals surface area contributed by atoms with Crippen LogP contribution in [0.5, 0.6) is 5.75 Å². The Bertz CT molecular complexity index is 985. The van der Waals surface area contributed by atoms with Crippen molar-refractivity contribution in [3.8, 4) is 5.75 Å². The Kier molecular flexibility index (Phi) is 4.10. The summed E-state index contributed by atoms with van der Waals surface area (Å²) in [6.45, 7) is 1.28. The van der Waals surface area contributed by atoms with Crippen LogP contribution in [0.2, 0.25) is 0 Å². The molecule has 0 aliphatic carbocycles. The molecule has 28 heavy (non-hydrogen) atoms. The molecular weight excluding hydrogens is 354 g/mol. The van der Waals surface area contributed by atoms with Gasteiger partial charge in [0, 0.05) is 30.3 Å². The molecule has 0 saturated heterocycles. The number of carbonyl (C=O) groups is 1. The Balaban J connectivity index is 1.59. The fourth-order valence-electron chi connectivity index (χ4n) is 4.50. The zero-order valence-electron chi connectivity index (χ0n) is 15.5. The molecule has 3 heterocycles. The second kappa shape index (κ2) is 6.65. The highest BCUT2D eigenvalue weighted by Crippen LogP contribution is 2.41. The molecule has 0 unspecified atom stereocenters. The van der Waals surface area contributed by atoms with Gasteiger partial charge >= 0.3 is 0 Å². The van der Waals surface area contributed by atoms with Crippen LogP contribution >= 0.6 is 0 Å². The first-order valence-electron chi connectivity index (χ1n) is 9.69. The van der Waals surface area contributed by atoms with Crippen LogP contribution in [-0.2, 0) is 6.42 Å². The number of rotatable bonds is 3. The zero-order chi connectivity index (χ0) is 19.3. The second-order valence-electron chi connectivity index (χ2n) is 7.52. The predicted molar refractivity (Wildman–Crippen MR) is 107 cm³/mol. The molecule has 0 aromatic heterocycles. The SMILES string of the molecule is N[C@H]1CCN2c3c(cccc31)C(=O)N[C@@H]2C1=Cc2c(CCO)cccc2OC1. The minimum absolute atomic E-state index is 0.0498. The molecular formula is C22H23N3O3. The van der Waals surface area contributed by atoms with Gasteiger partial charge in [0.1, 0.15) is 18.5 Å². The topological polar surface area (TPSA) is 87.8 Å². The van der Waals surface area contributed by atoms with Gasteiger partial charge in [-0.15, -0.1) is 0 Å². The largest absolute Gasteiger partial charge is 0.488 e. The maximum Gasteiger partial charge on any atom is 0.255 e. The Labute approximate surface area is 163 Å². The van der Waals surface area contributed by atoms with Crippen LogP contribution in [0, 0.1) is 0 Å². The molecule has 0 fully saturated rings. The third-order valence-electron chi connectivity index (χ3n) is 5.87. The van der Waals surface area contributed by atoms with Gasteiger partial charge < -0.3 is 25.8 Å². The average Bonchev–Trinajstić information content (AvgIpc) is 2.72. The molecule has 3 aliphatic rings. The Hall–Kier alpha value is -2.83. The van der Waals surface area contributed by atoms with Gasteiger partial charge in [0.05, 0.1) is 11.3 Å². The molecule has 144 valence electrons. The summed E-state index contributed by atoms with van der Waals surface area (Å²) in [5.41, 5.74) is 12.0. The van der Waals surface area contributed by atoms with Crippen LogP contribution in [0.1, 0.15) is 39.5 Å². The van der Waals surface area contributed by atoms with Gasteiger partial charge in [0.2, 0.25) is 0 Å². The number of nitrogens with zero attached hydrogens (tertiary/aromatic N) is 1. The molecule has 3 aliphatic heterocycles. The lowest BCUT2D eigenvalue weighted by Gasteiger charge is -2.45. The number of aliphatic hydroxyl groups excluding tert-OH is 1. The molecule has 4 N–H and O–H groups in total. The van der Waals surface area contributed by atoms with E-state index in [1.54, 1.807) is 0 Å². The van der Waals surface area contributed by atoms with Crippen LogP contribution in [-0.4, -0.2) is 36.9 Å². The third kappa shape index (κ3) is 2.60. The molecule has 2 aromatic carbocycles. The van der Waals surface area contributed by atoms with Crippen molar-refractivity contribution in [2.24, 2.45) is 5.73 Å². The summed E-state index contributed by atoms with van der Waals surface area (Å²) in [7, 11) is 0. The molecule has 2 atom stereocenters. The number of ether oxygens (including phenoxy) is 1. The number of nitrogens with two attached hydrogens (primary N) is 1. The fourth-order valence-corrected chi connectivity index (χ4v) is 4.50. The van der Waals surface area contributed by atoms with Gasteiger partial charge in [-0.1, -0.05) is 24.3 Å². The molecule has 1 amide bonds. The van der Waals surface area contributed by atoms with Gasteiger partial charge in [-0.2, -0.15) is 0 Å². The minimum atomic E-state index is -0.260. The van der Waals surface area contributed by atoms with E-state index in [2.05, 4.69) is 16.3 Å². The number of aliphatic hydroxyl groups is 1. The summed E-state index contributed by atoms with van der Waals surface area (Å²) in [5, 5.41) is 12.5. The summed E-state index contributed by atoms with van der Waals surface area (Å²) in [6, 6.07) is 11.6. The van der Waals surface area contributed by atoms with Crippen LogP contribution in [0.25, 0.3) is 6.08 Å². The zero-order valence-corrected chi connectivity index (χ0v) is 15.5. The number of nitrogens with one attached hydrogen (secondary N) is 1. The molecule has 5 rings (SSSR count). The maximum absolute atomic E-state index is 12.8. The highest BCUT2D eigenvalue weighted by Gasteiger charge is 2.38. The average molecular weight is 377 g/mol. The van der Waals surface area contributed by atoms with E-state index in [9.17, 15) is 9.90 Å². The van der Waals surface area contributed by atoms with E-state index in [4.69, 9.17) is 10.5 Å². The van der Waals surface area contributed by atoms with Crippen molar-refractivity contribution < 1.29 is 14.6 Å². The normalized spacial score (nSPS) is 22.6.